The van der Waals surface area contributed by atoms with Crippen LogP contribution in [0.25, 0.3) is 33.0 Å². The molecule has 0 unspecified atom stereocenters. The fourth-order valence-corrected chi connectivity index (χ4v) is 3.36. The van der Waals surface area contributed by atoms with Crippen LogP contribution in [0.2, 0.25) is 0 Å². The molecule has 0 N–H and O–H groups in total. The van der Waals surface area contributed by atoms with Gasteiger partial charge < -0.3 is 0 Å². The van der Waals surface area contributed by atoms with Crippen LogP contribution < -0.4 is 0 Å². The molecule has 0 spiro atoms. The van der Waals surface area contributed by atoms with E-state index in [1.807, 2.05) is 13.8 Å². The van der Waals surface area contributed by atoms with Crippen LogP contribution in [0.5, 0.6) is 0 Å². The molecule has 0 bridgehead atoms. The van der Waals surface area contributed by atoms with E-state index in [-0.39, 0.29) is 0 Å². The van der Waals surface area contributed by atoms with Crippen molar-refractivity contribution in [1.82, 2.24) is 0 Å². The molecule has 0 aromatic heterocycles. The summed E-state index contributed by atoms with van der Waals surface area (Å²) < 4.78 is 0. The van der Waals surface area contributed by atoms with Gasteiger partial charge in [-0.05, 0) is 45.0 Å². The van der Waals surface area contributed by atoms with Gasteiger partial charge in [0.05, 0.1) is 0 Å². The van der Waals surface area contributed by atoms with Crippen LogP contribution in [-0.4, -0.2) is 0 Å². The van der Waals surface area contributed by atoms with Crippen molar-refractivity contribution >= 4 is 10.8 Å². The molecule has 106 valence electrons. The van der Waals surface area contributed by atoms with Crippen molar-refractivity contribution in [1.29, 1.82) is 0 Å². The predicted molar refractivity (Wildman–Crippen MR) is 93.7 cm³/mol. The molecule has 0 amide bonds. The SMILES string of the molecule is CC.CCCc1ccc2c3c(cccc13)-c1ccccc1-2. The van der Waals surface area contributed by atoms with Crippen molar-refractivity contribution in [3.63, 3.8) is 0 Å². The first kappa shape index (κ1) is 13.9. The lowest BCUT2D eigenvalue weighted by molar-refractivity contribution is 0.930. The zero-order valence-corrected chi connectivity index (χ0v) is 13.1. The van der Waals surface area contributed by atoms with E-state index >= 15 is 0 Å². The molecule has 0 radical (unpaired) electrons. The lowest BCUT2D eigenvalue weighted by atomic mass is 9.96. The number of fused-ring (bicyclic) bond motifs is 3. The fourth-order valence-electron chi connectivity index (χ4n) is 3.36. The summed E-state index contributed by atoms with van der Waals surface area (Å²) in [6.07, 6.45) is 2.36. The highest BCUT2D eigenvalue weighted by atomic mass is 14.2. The van der Waals surface area contributed by atoms with Crippen LogP contribution in [-0.2, 0) is 6.42 Å². The smallest absolute Gasteiger partial charge is 0.00236 e. The van der Waals surface area contributed by atoms with Gasteiger partial charge in [0.25, 0.3) is 0 Å². The van der Waals surface area contributed by atoms with Crippen LogP contribution >= 0.6 is 0 Å². The molecule has 3 aromatic rings. The van der Waals surface area contributed by atoms with E-state index in [1.54, 1.807) is 0 Å². The number of aryl methyl sites for hydroxylation is 1. The third kappa shape index (κ3) is 2.06. The lowest BCUT2D eigenvalue weighted by Crippen LogP contribution is -1.86. The molecular weight excluding hydrogens is 252 g/mol. The Hall–Kier alpha value is -2.08. The van der Waals surface area contributed by atoms with Crippen LogP contribution in [0, 0.1) is 0 Å². The predicted octanol–water partition coefficient (Wildman–Crippen LogP) is 6.47. The molecule has 0 saturated carbocycles. The molecular formula is C21H22. The minimum Gasteiger partial charge on any atom is -0.0683 e. The van der Waals surface area contributed by atoms with Crippen molar-refractivity contribution in [2.75, 3.05) is 0 Å². The van der Waals surface area contributed by atoms with Crippen LogP contribution in [0.1, 0.15) is 32.8 Å². The van der Waals surface area contributed by atoms with Crippen LogP contribution in [0.4, 0.5) is 0 Å². The maximum absolute atomic E-state index is 2.31. The highest BCUT2D eigenvalue weighted by molar-refractivity contribution is 6.15. The molecule has 1 aliphatic carbocycles. The van der Waals surface area contributed by atoms with Gasteiger partial charge in [-0.15, -0.1) is 0 Å². The molecule has 0 nitrogen and oxygen atoms in total. The van der Waals surface area contributed by atoms with E-state index in [4.69, 9.17) is 0 Å². The molecule has 0 heteroatoms. The van der Waals surface area contributed by atoms with Gasteiger partial charge >= 0.3 is 0 Å². The Morgan fingerprint density at radius 1 is 0.667 bits per heavy atom. The van der Waals surface area contributed by atoms with Gasteiger partial charge in [0.2, 0.25) is 0 Å². The van der Waals surface area contributed by atoms with Gasteiger partial charge in [-0.3, -0.25) is 0 Å². The molecule has 3 aromatic carbocycles. The van der Waals surface area contributed by atoms with Gasteiger partial charge in [0.1, 0.15) is 0 Å². The molecule has 4 rings (SSSR count). The van der Waals surface area contributed by atoms with E-state index in [0.29, 0.717) is 0 Å². The van der Waals surface area contributed by atoms with Crippen molar-refractivity contribution in [3.8, 4) is 22.3 Å². The summed E-state index contributed by atoms with van der Waals surface area (Å²) in [5, 5.41) is 2.89. The molecule has 0 saturated heterocycles. The second-order valence-electron chi connectivity index (χ2n) is 5.30. The summed E-state index contributed by atoms with van der Waals surface area (Å²) in [5.41, 5.74) is 7.06. The lowest BCUT2D eigenvalue weighted by Gasteiger charge is -2.08. The number of rotatable bonds is 2. The number of hydrogen-bond donors (Lipinski definition) is 0. The van der Waals surface area contributed by atoms with Crippen LogP contribution in [0.15, 0.2) is 54.6 Å². The standard InChI is InChI=1S/C19H16.C2H6/c1-2-6-13-11-12-18-16-8-4-3-7-15(16)17-10-5-9-14(13)19(17)18;1-2/h3-5,7-12H,2,6H2,1H3;1-2H3. The first-order valence-corrected chi connectivity index (χ1v) is 8.04. The fraction of sp³-hybridized carbons (Fsp3) is 0.238. The van der Waals surface area contributed by atoms with Crippen molar-refractivity contribution in [2.24, 2.45) is 0 Å². The number of benzene rings is 3. The highest BCUT2D eigenvalue weighted by Crippen LogP contribution is 2.47. The molecule has 21 heavy (non-hydrogen) atoms. The van der Waals surface area contributed by atoms with E-state index < -0.39 is 0 Å². The third-order valence-electron chi connectivity index (χ3n) is 4.16. The molecule has 0 fully saturated rings. The number of hydrogen-bond acceptors (Lipinski definition) is 0. The summed E-state index contributed by atoms with van der Waals surface area (Å²) in [6.45, 7) is 6.25. The zero-order chi connectivity index (χ0) is 14.8. The van der Waals surface area contributed by atoms with Gasteiger partial charge in [-0.2, -0.15) is 0 Å². The molecule has 0 heterocycles. The molecule has 1 aliphatic rings. The Morgan fingerprint density at radius 2 is 1.29 bits per heavy atom. The maximum atomic E-state index is 2.31. The Labute approximate surface area is 127 Å². The minimum absolute atomic E-state index is 1.16. The maximum Gasteiger partial charge on any atom is -0.00236 e. The Morgan fingerprint density at radius 3 is 1.95 bits per heavy atom. The average molecular weight is 274 g/mol. The summed E-state index contributed by atoms with van der Waals surface area (Å²) in [7, 11) is 0. The van der Waals surface area contributed by atoms with E-state index in [9.17, 15) is 0 Å². The highest BCUT2D eigenvalue weighted by Gasteiger charge is 2.21. The largest absolute Gasteiger partial charge is 0.0683 e. The average Bonchev–Trinajstić information content (AvgIpc) is 2.88. The van der Waals surface area contributed by atoms with Crippen molar-refractivity contribution < 1.29 is 0 Å². The minimum atomic E-state index is 1.16. The monoisotopic (exact) mass is 274 g/mol. The Kier molecular flexibility index (Phi) is 3.79. The van der Waals surface area contributed by atoms with E-state index in [2.05, 4.69) is 61.5 Å². The third-order valence-corrected chi connectivity index (χ3v) is 4.16. The first-order chi connectivity index (χ1) is 10.4. The topological polar surface area (TPSA) is 0 Å². The van der Waals surface area contributed by atoms with Gasteiger partial charge in [-0.25, -0.2) is 0 Å². The van der Waals surface area contributed by atoms with Crippen molar-refractivity contribution in [2.45, 2.75) is 33.6 Å². The van der Waals surface area contributed by atoms with E-state index in [1.165, 1.54) is 45.0 Å². The van der Waals surface area contributed by atoms with Gasteiger partial charge in [0.15, 0.2) is 0 Å². The summed E-state index contributed by atoms with van der Waals surface area (Å²) in [6, 6.07) is 20.1. The van der Waals surface area contributed by atoms with Crippen molar-refractivity contribution in [3.05, 3.63) is 60.2 Å². The molecule has 0 atom stereocenters. The van der Waals surface area contributed by atoms with Gasteiger partial charge in [0, 0.05) is 0 Å². The zero-order valence-electron chi connectivity index (χ0n) is 13.1. The normalized spacial score (nSPS) is 11.0. The van der Waals surface area contributed by atoms with E-state index in [0.717, 1.165) is 6.42 Å². The Bertz CT molecular complexity index is 752. The second-order valence-corrected chi connectivity index (χ2v) is 5.30. The quantitative estimate of drug-likeness (QED) is 0.393. The summed E-state index contributed by atoms with van der Waals surface area (Å²) in [4.78, 5) is 0. The van der Waals surface area contributed by atoms with Gasteiger partial charge in [-0.1, -0.05) is 81.8 Å². The second kappa shape index (κ2) is 5.73. The Balaban J connectivity index is 0.000000636. The first-order valence-electron chi connectivity index (χ1n) is 8.04. The van der Waals surface area contributed by atoms with Crippen LogP contribution in [0.3, 0.4) is 0 Å². The summed E-state index contributed by atoms with van der Waals surface area (Å²) >= 11 is 0. The molecule has 0 aliphatic heterocycles. The summed E-state index contributed by atoms with van der Waals surface area (Å²) in [5.74, 6) is 0.